The fourth-order valence-corrected chi connectivity index (χ4v) is 2.55. The molecular weight excluding hydrogens is 243 g/mol. The van der Waals surface area contributed by atoms with E-state index in [2.05, 4.69) is 0 Å². The van der Waals surface area contributed by atoms with Crippen LogP contribution in [0.2, 0.25) is 0 Å². The van der Waals surface area contributed by atoms with Crippen molar-refractivity contribution in [1.82, 2.24) is 0 Å². The van der Waals surface area contributed by atoms with E-state index in [-0.39, 0.29) is 11.3 Å². The molecule has 0 unspecified atom stereocenters. The molecule has 0 aliphatic heterocycles. The highest BCUT2D eigenvalue weighted by Gasteiger charge is 2.38. The van der Waals surface area contributed by atoms with Crippen molar-refractivity contribution in [1.29, 1.82) is 0 Å². The Kier molecular flexibility index (Phi) is 5.24. The highest BCUT2D eigenvalue weighted by molar-refractivity contribution is 6.03. The summed E-state index contributed by atoms with van der Waals surface area (Å²) in [5.74, 6) is -0.692. The van der Waals surface area contributed by atoms with Gasteiger partial charge in [-0.3, -0.25) is 4.79 Å². The van der Waals surface area contributed by atoms with Crippen LogP contribution in [0, 0.1) is 19.7 Å². The number of ketones is 1. The molecule has 0 amide bonds. The quantitative estimate of drug-likeness (QED) is 0.721. The zero-order chi connectivity index (χ0) is 14.6. The summed E-state index contributed by atoms with van der Waals surface area (Å²) in [6, 6.07) is 3.24. The molecule has 106 valence electrons. The number of carbonyl (C=O) groups excluding carboxylic acids is 1. The average molecular weight is 266 g/mol. The third-order valence-electron chi connectivity index (χ3n) is 3.64. The molecule has 0 aromatic heterocycles. The lowest BCUT2D eigenvalue weighted by Gasteiger charge is -2.30. The first-order chi connectivity index (χ1) is 8.91. The summed E-state index contributed by atoms with van der Waals surface area (Å²) in [6.07, 6.45) is 1.09. The molecule has 0 bridgehead atoms. The predicted molar refractivity (Wildman–Crippen MR) is 75.1 cm³/mol. The van der Waals surface area contributed by atoms with Crippen molar-refractivity contribution >= 4 is 5.78 Å². The van der Waals surface area contributed by atoms with Crippen LogP contribution >= 0.6 is 0 Å². The minimum Gasteiger partial charge on any atom is -0.367 e. The number of carbonyl (C=O) groups is 1. The standard InChI is InChI=1S/C16H23FO2/c1-6-16(7-2,19-8-3)15(18)14-12(5)9-11(4)10-13(14)17/h9-10H,6-8H2,1-5H3. The van der Waals surface area contributed by atoms with Crippen molar-refractivity contribution in [3.05, 3.63) is 34.6 Å². The van der Waals surface area contributed by atoms with Gasteiger partial charge < -0.3 is 4.74 Å². The smallest absolute Gasteiger partial charge is 0.197 e. The Hall–Kier alpha value is -1.22. The second-order valence-corrected chi connectivity index (χ2v) is 4.90. The van der Waals surface area contributed by atoms with Crippen LogP contribution in [0.1, 0.15) is 55.1 Å². The minimum atomic E-state index is -0.907. The van der Waals surface area contributed by atoms with Gasteiger partial charge in [0.1, 0.15) is 11.4 Å². The van der Waals surface area contributed by atoms with Crippen LogP contribution in [0.4, 0.5) is 4.39 Å². The third-order valence-corrected chi connectivity index (χ3v) is 3.64. The first-order valence-corrected chi connectivity index (χ1v) is 6.87. The number of aryl methyl sites for hydroxylation is 2. The SMILES string of the molecule is CCOC(CC)(CC)C(=O)c1c(C)cc(C)cc1F. The van der Waals surface area contributed by atoms with Crippen LogP contribution in [0.5, 0.6) is 0 Å². The molecule has 0 aliphatic rings. The fourth-order valence-electron chi connectivity index (χ4n) is 2.55. The van der Waals surface area contributed by atoms with Crippen LogP contribution in [0.15, 0.2) is 12.1 Å². The number of halogens is 1. The monoisotopic (exact) mass is 266 g/mol. The van der Waals surface area contributed by atoms with E-state index in [0.717, 1.165) is 5.56 Å². The number of hydrogen-bond donors (Lipinski definition) is 0. The Morgan fingerprint density at radius 1 is 1.21 bits per heavy atom. The number of hydrogen-bond acceptors (Lipinski definition) is 2. The summed E-state index contributed by atoms with van der Waals surface area (Å²) in [4.78, 5) is 12.7. The molecular formula is C16H23FO2. The predicted octanol–water partition coefficient (Wildman–Crippen LogP) is 4.22. The van der Waals surface area contributed by atoms with Gasteiger partial charge in [-0.15, -0.1) is 0 Å². The maximum Gasteiger partial charge on any atom is 0.197 e. The molecule has 0 fully saturated rings. The molecule has 0 spiro atoms. The van der Waals surface area contributed by atoms with E-state index in [1.54, 1.807) is 6.92 Å². The Balaban J connectivity index is 3.32. The highest BCUT2D eigenvalue weighted by atomic mass is 19.1. The lowest BCUT2D eigenvalue weighted by Crippen LogP contribution is -2.41. The van der Waals surface area contributed by atoms with E-state index < -0.39 is 11.4 Å². The summed E-state index contributed by atoms with van der Waals surface area (Å²) in [5.41, 5.74) is 0.757. The van der Waals surface area contributed by atoms with Crippen LogP contribution in [-0.4, -0.2) is 18.0 Å². The molecule has 0 heterocycles. The van der Waals surface area contributed by atoms with E-state index in [9.17, 15) is 9.18 Å². The first kappa shape index (κ1) is 15.8. The van der Waals surface area contributed by atoms with E-state index >= 15 is 0 Å². The summed E-state index contributed by atoms with van der Waals surface area (Å²) in [5, 5.41) is 0. The van der Waals surface area contributed by atoms with Gasteiger partial charge >= 0.3 is 0 Å². The number of benzene rings is 1. The zero-order valence-corrected chi connectivity index (χ0v) is 12.5. The van der Waals surface area contributed by atoms with Crippen LogP contribution in [-0.2, 0) is 4.74 Å². The van der Waals surface area contributed by atoms with E-state index in [4.69, 9.17) is 4.74 Å². The van der Waals surface area contributed by atoms with E-state index in [1.807, 2.05) is 33.8 Å². The topological polar surface area (TPSA) is 26.3 Å². The molecule has 3 heteroatoms. The molecule has 1 aromatic rings. The number of Topliss-reactive ketones (excluding diaryl/α,β-unsaturated/α-hetero) is 1. The number of rotatable bonds is 6. The molecule has 0 radical (unpaired) electrons. The summed E-state index contributed by atoms with van der Waals surface area (Å²) in [7, 11) is 0. The van der Waals surface area contributed by atoms with Gasteiger partial charge in [0.15, 0.2) is 5.78 Å². The molecule has 0 saturated carbocycles. The molecule has 0 N–H and O–H groups in total. The van der Waals surface area contributed by atoms with Gasteiger partial charge in [0.2, 0.25) is 0 Å². The largest absolute Gasteiger partial charge is 0.367 e. The van der Waals surface area contributed by atoms with Crippen molar-refractivity contribution in [3.8, 4) is 0 Å². The maximum absolute atomic E-state index is 14.1. The first-order valence-electron chi connectivity index (χ1n) is 6.87. The summed E-state index contributed by atoms with van der Waals surface area (Å²) >= 11 is 0. The van der Waals surface area contributed by atoms with Gasteiger partial charge in [-0.25, -0.2) is 4.39 Å². The van der Waals surface area contributed by atoms with Gasteiger partial charge in [-0.1, -0.05) is 19.9 Å². The molecule has 19 heavy (non-hydrogen) atoms. The Labute approximate surface area is 115 Å². The summed E-state index contributed by atoms with van der Waals surface area (Å²) < 4.78 is 19.8. The molecule has 0 atom stereocenters. The van der Waals surface area contributed by atoms with Gasteiger partial charge in [-0.05, 0) is 50.8 Å². The molecule has 0 saturated heterocycles. The normalized spacial score (nSPS) is 11.7. The summed E-state index contributed by atoms with van der Waals surface area (Å²) in [6.45, 7) is 9.69. The fraction of sp³-hybridized carbons (Fsp3) is 0.562. The lowest BCUT2D eigenvalue weighted by atomic mass is 9.85. The lowest BCUT2D eigenvalue weighted by molar-refractivity contribution is -0.0253. The van der Waals surface area contributed by atoms with Gasteiger partial charge in [0.05, 0.1) is 5.56 Å². The Morgan fingerprint density at radius 3 is 2.21 bits per heavy atom. The maximum atomic E-state index is 14.1. The number of ether oxygens (including phenoxy) is 1. The molecule has 0 aliphatic carbocycles. The third kappa shape index (κ3) is 3.03. The molecule has 1 aromatic carbocycles. The minimum absolute atomic E-state index is 0.169. The Morgan fingerprint density at radius 2 is 1.79 bits per heavy atom. The average Bonchev–Trinajstić information content (AvgIpc) is 2.34. The van der Waals surface area contributed by atoms with Gasteiger partial charge in [0.25, 0.3) is 0 Å². The van der Waals surface area contributed by atoms with Crippen molar-refractivity contribution < 1.29 is 13.9 Å². The van der Waals surface area contributed by atoms with E-state index in [0.29, 0.717) is 25.0 Å². The van der Waals surface area contributed by atoms with Crippen LogP contribution in [0.25, 0.3) is 0 Å². The second-order valence-electron chi connectivity index (χ2n) is 4.90. The molecule has 2 nitrogen and oxygen atoms in total. The zero-order valence-electron chi connectivity index (χ0n) is 12.5. The van der Waals surface area contributed by atoms with Gasteiger partial charge in [0, 0.05) is 6.61 Å². The Bertz CT molecular complexity index is 439. The van der Waals surface area contributed by atoms with Crippen LogP contribution in [0.3, 0.4) is 0 Å². The highest BCUT2D eigenvalue weighted by Crippen LogP contribution is 2.29. The molecule has 1 rings (SSSR count). The van der Waals surface area contributed by atoms with Crippen molar-refractivity contribution in [2.24, 2.45) is 0 Å². The van der Waals surface area contributed by atoms with Crippen molar-refractivity contribution in [2.75, 3.05) is 6.61 Å². The second kappa shape index (κ2) is 6.29. The van der Waals surface area contributed by atoms with E-state index in [1.165, 1.54) is 6.07 Å². The van der Waals surface area contributed by atoms with Crippen LogP contribution < -0.4 is 0 Å². The van der Waals surface area contributed by atoms with Gasteiger partial charge in [-0.2, -0.15) is 0 Å². The van der Waals surface area contributed by atoms with Crippen molar-refractivity contribution in [3.63, 3.8) is 0 Å². The van der Waals surface area contributed by atoms with Crippen molar-refractivity contribution in [2.45, 2.75) is 53.1 Å².